The molecule has 0 saturated carbocycles. The molecule has 4 nitrogen and oxygen atoms in total. The number of alkyl halides is 2. The van der Waals surface area contributed by atoms with E-state index in [9.17, 15) is 13.6 Å². The number of imidazole rings is 1. The van der Waals surface area contributed by atoms with E-state index in [1.54, 1.807) is 0 Å². The number of nitrogens with zero attached hydrogens (tertiary/aromatic N) is 2. The molecule has 0 aliphatic heterocycles. The van der Waals surface area contributed by atoms with Gasteiger partial charge in [0.25, 0.3) is 6.43 Å². The fraction of sp³-hybridized carbons (Fsp3) is 0.429. The first-order valence-corrected chi connectivity index (χ1v) is 3.49. The molecule has 6 heteroatoms. The normalized spacial score (nSPS) is 10.8. The molecule has 0 spiro atoms. The predicted molar refractivity (Wildman–Crippen MR) is 39.9 cm³/mol. The number of halogens is 2. The summed E-state index contributed by atoms with van der Waals surface area (Å²) in [5.41, 5.74) is -0.299. The van der Waals surface area contributed by atoms with Gasteiger partial charge in [0.05, 0.1) is 0 Å². The van der Waals surface area contributed by atoms with Crippen LogP contribution in [-0.2, 0) is 7.05 Å². The highest BCUT2D eigenvalue weighted by Gasteiger charge is 2.21. The second-order valence-corrected chi connectivity index (χ2v) is 2.57. The van der Waals surface area contributed by atoms with E-state index in [2.05, 4.69) is 4.98 Å². The first-order chi connectivity index (χ1) is 5.95. The second-order valence-electron chi connectivity index (χ2n) is 2.57. The number of hydrogen-bond donors (Lipinski definition) is 1. The predicted octanol–water partition coefficient (Wildman–Crippen LogP) is 1.36. The largest absolute Gasteiger partial charge is 0.475 e. The van der Waals surface area contributed by atoms with Crippen molar-refractivity contribution in [2.75, 3.05) is 0 Å². The highest BCUT2D eigenvalue weighted by molar-refractivity contribution is 5.83. The molecule has 0 aromatic carbocycles. The van der Waals surface area contributed by atoms with E-state index >= 15 is 0 Å². The van der Waals surface area contributed by atoms with Gasteiger partial charge in [-0.05, 0) is 6.92 Å². The van der Waals surface area contributed by atoms with E-state index in [1.165, 1.54) is 14.0 Å². The van der Waals surface area contributed by atoms with E-state index in [4.69, 9.17) is 5.11 Å². The number of carboxylic acid groups (broad SMARTS) is 1. The zero-order valence-electron chi connectivity index (χ0n) is 7.08. The van der Waals surface area contributed by atoms with Crippen LogP contribution >= 0.6 is 0 Å². The molecule has 0 aliphatic carbocycles. The molecule has 72 valence electrons. The van der Waals surface area contributed by atoms with Crippen molar-refractivity contribution in [3.63, 3.8) is 0 Å². The van der Waals surface area contributed by atoms with Crippen LogP contribution in [0.15, 0.2) is 0 Å². The molecule has 13 heavy (non-hydrogen) atoms. The van der Waals surface area contributed by atoms with Crippen molar-refractivity contribution in [3.8, 4) is 0 Å². The van der Waals surface area contributed by atoms with Crippen LogP contribution in [0.4, 0.5) is 8.78 Å². The van der Waals surface area contributed by atoms with Gasteiger partial charge in [-0.15, -0.1) is 0 Å². The van der Waals surface area contributed by atoms with E-state index < -0.39 is 18.1 Å². The minimum absolute atomic E-state index is 0.174. The summed E-state index contributed by atoms with van der Waals surface area (Å²) in [5.74, 6) is -1.68. The number of aromatic carboxylic acids is 1. The average molecular weight is 190 g/mol. The molecule has 1 rings (SSSR count). The van der Waals surface area contributed by atoms with E-state index in [0.29, 0.717) is 0 Å². The Morgan fingerprint density at radius 2 is 2.15 bits per heavy atom. The van der Waals surface area contributed by atoms with Crippen LogP contribution in [0.2, 0.25) is 0 Å². The van der Waals surface area contributed by atoms with Crippen molar-refractivity contribution >= 4 is 5.97 Å². The van der Waals surface area contributed by atoms with Gasteiger partial charge in [-0.3, -0.25) is 0 Å². The zero-order chi connectivity index (χ0) is 10.2. The summed E-state index contributed by atoms with van der Waals surface area (Å²) >= 11 is 0. The third-order valence-corrected chi connectivity index (χ3v) is 1.82. The van der Waals surface area contributed by atoms with E-state index in [1.807, 2.05) is 0 Å². The van der Waals surface area contributed by atoms with Crippen molar-refractivity contribution in [3.05, 3.63) is 17.2 Å². The van der Waals surface area contributed by atoms with Gasteiger partial charge in [-0.2, -0.15) is 0 Å². The number of carbonyl (C=O) groups is 1. The molecule has 1 heterocycles. The van der Waals surface area contributed by atoms with Crippen molar-refractivity contribution in [1.29, 1.82) is 0 Å². The second kappa shape index (κ2) is 3.12. The molecule has 0 bridgehead atoms. The molecule has 0 amide bonds. The average Bonchev–Trinajstić information content (AvgIpc) is 2.29. The van der Waals surface area contributed by atoms with Crippen LogP contribution < -0.4 is 0 Å². The Labute approximate surface area is 72.8 Å². The highest BCUT2D eigenvalue weighted by Crippen LogP contribution is 2.21. The Bertz CT molecular complexity index is 347. The Kier molecular flexibility index (Phi) is 2.31. The van der Waals surface area contributed by atoms with E-state index in [0.717, 1.165) is 4.57 Å². The van der Waals surface area contributed by atoms with Crippen LogP contribution in [-0.4, -0.2) is 20.6 Å². The van der Waals surface area contributed by atoms with Gasteiger partial charge in [0.15, 0.2) is 0 Å². The molecule has 0 atom stereocenters. The zero-order valence-corrected chi connectivity index (χ0v) is 7.08. The van der Waals surface area contributed by atoms with Gasteiger partial charge in [0, 0.05) is 12.7 Å². The van der Waals surface area contributed by atoms with Gasteiger partial charge < -0.3 is 9.67 Å². The van der Waals surface area contributed by atoms with E-state index in [-0.39, 0.29) is 11.5 Å². The molecule has 0 saturated heterocycles. The highest BCUT2D eigenvalue weighted by atomic mass is 19.3. The Balaban J connectivity index is 3.28. The summed E-state index contributed by atoms with van der Waals surface area (Å²) in [4.78, 5) is 13.8. The third-order valence-electron chi connectivity index (χ3n) is 1.82. The molecule has 1 N–H and O–H groups in total. The maximum Gasteiger partial charge on any atom is 0.372 e. The lowest BCUT2D eigenvalue weighted by Gasteiger charge is -1.97. The molecule has 1 aromatic rings. The first-order valence-electron chi connectivity index (χ1n) is 3.49. The number of hydrogen-bond acceptors (Lipinski definition) is 2. The summed E-state index contributed by atoms with van der Waals surface area (Å²) in [6.07, 6.45) is -2.74. The number of rotatable bonds is 2. The quantitative estimate of drug-likeness (QED) is 0.766. The summed E-state index contributed by atoms with van der Waals surface area (Å²) < 4.78 is 25.6. The van der Waals surface area contributed by atoms with Crippen molar-refractivity contribution in [1.82, 2.24) is 9.55 Å². The number of carboxylic acids is 1. The lowest BCUT2D eigenvalue weighted by molar-refractivity contribution is 0.0679. The molecule has 0 unspecified atom stereocenters. The SMILES string of the molecule is Cc1c(C(F)F)nc(C(=O)O)n1C. The maximum atomic E-state index is 12.2. The fourth-order valence-electron chi connectivity index (χ4n) is 0.999. The van der Waals surface area contributed by atoms with Gasteiger partial charge in [0.2, 0.25) is 5.82 Å². The van der Waals surface area contributed by atoms with Crippen LogP contribution in [0, 0.1) is 6.92 Å². The van der Waals surface area contributed by atoms with Crippen LogP contribution in [0.5, 0.6) is 0 Å². The number of aromatic nitrogens is 2. The van der Waals surface area contributed by atoms with Gasteiger partial charge >= 0.3 is 5.97 Å². The molecule has 0 radical (unpaired) electrons. The molecule has 1 aromatic heterocycles. The fourth-order valence-corrected chi connectivity index (χ4v) is 0.999. The van der Waals surface area contributed by atoms with Crippen molar-refractivity contribution < 1.29 is 18.7 Å². The first kappa shape index (κ1) is 9.63. The summed E-state index contributed by atoms with van der Waals surface area (Å²) in [6.45, 7) is 1.40. The summed E-state index contributed by atoms with van der Waals surface area (Å²) in [7, 11) is 1.39. The monoisotopic (exact) mass is 190 g/mol. The van der Waals surface area contributed by atoms with Gasteiger partial charge in [0.1, 0.15) is 5.69 Å². The summed E-state index contributed by atoms with van der Waals surface area (Å²) in [6, 6.07) is 0. The molecular formula is C7H8F2N2O2. The topological polar surface area (TPSA) is 55.1 Å². The summed E-state index contributed by atoms with van der Waals surface area (Å²) in [5, 5.41) is 8.56. The molecule has 0 fully saturated rings. The van der Waals surface area contributed by atoms with Crippen molar-refractivity contribution in [2.45, 2.75) is 13.3 Å². The lowest BCUT2D eigenvalue weighted by Crippen LogP contribution is -2.06. The van der Waals surface area contributed by atoms with Crippen molar-refractivity contribution in [2.24, 2.45) is 7.05 Å². The van der Waals surface area contributed by atoms with Crippen LogP contribution in [0.25, 0.3) is 0 Å². The Morgan fingerprint density at radius 1 is 1.62 bits per heavy atom. The van der Waals surface area contributed by atoms with Crippen LogP contribution in [0.3, 0.4) is 0 Å². The lowest BCUT2D eigenvalue weighted by atomic mass is 10.3. The minimum atomic E-state index is -2.74. The van der Waals surface area contributed by atoms with Gasteiger partial charge in [-0.1, -0.05) is 0 Å². The Morgan fingerprint density at radius 3 is 2.38 bits per heavy atom. The standard InChI is InChI=1S/C7H8F2N2O2/c1-3-4(5(8)9)10-6(7(12)13)11(3)2/h5H,1-2H3,(H,12,13). The molecule has 0 aliphatic rings. The minimum Gasteiger partial charge on any atom is -0.475 e. The maximum absolute atomic E-state index is 12.2. The van der Waals surface area contributed by atoms with Gasteiger partial charge in [-0.25, -0.2) is 18.6 Å². The smallest absolute Gasteiger partial charge is 0.372 e. The molecular weight excluding hydrogens is 182 g/mol. The Hall–Kier alpha value is -1.46. The third kappa shape index (κ3) is 1.51. The van der Waals surface area contributed by atoms with Crippen LogP contribution in [0.1, 0.15) is 28.4 Å².